The third-order valence-electron chi connectivity index (χ3n) is 3.68. The van der Waals surface area contributed by atoms with E-state index in [0.717, 1.165) is 13.1 Å². The van der Waals surface area contributed by atoms with E-state index in [0.29, 0.717) is 6.04 Å². The van der Waals surface area contributed by atoms with Gasteiger partial charge in [-0.15, -0.1) is 0 Å². The first kappa shape index (κ1) is 15.2. The molecule has 102 valence electrons. The fourth-order valence-corrected chi connectivity index (χ4v) is 2.83. The second kappa shape index (κ2) is 6.35. The highest BCUT2D eigenvalue weighted by Crippen LogP contribution is 2.23. The van der Waals surface area contributed by atoms with E-state index in [4.69, 9.17) is 5.73 Å². The van der Waals surface area contributed by atoms with E-state index >= 15 is 0 Å². The maximum absolute atomic E-state index is 6.42. The number of nitrogens with two attached hydrogens (primary N) is 1. The van der Waals surface area contributed by atoms with E-state index < -0.39 is 0 Å². The summed E-state index contributed by atoms with van der Waals surface area (Å²) >= 11 is 0. The zero-order chi connectivity index (χ0) is 13.9. The fourth-order valence-electron chi connectivity index (χ4n) is 2.83. The number of hydrogen-bond acceptors (Lipinski definition) is 2. The molecule has 0 saturated carbocycles. The molecule has 0 aromatic heterocycles. The Hall–Kier alpha value is -0.860. The van der Waals surface area contributed by atoms with Gasteiger partial charge in [0.25, 0.3) is 0 Å². The highest BCUT2D eigenvalue weighted by atomic mass is 15.1. The normalized spacial score (nSPS) is 13.4. The van der Waals surface area contributed by atoms with Crippen molar-refractivity contribution in [1.29, 1.82) is 0 Å². The Bertz CT molecular complexity index is 373. The van der Waals surface area contributed by atoms with Crippen LogP contribution in [0.15, 0.2) is 12.1 Å². The van der Waals surface area contributed by atoms with Crippen molar-refractivity contribution >= 4 is 0 Å². The molecule has 1 aromatic carbocycles. The Morgan fingerprint density at radius 2 is 1.61 bits per heavy atom. The Labute approximate surface area is 112 Å². The van der Waals surface area contributed by atoms with Crippen LogP contribution in [0.4, 0.5) is 0 Å². The van der Waals surface area contributed by atoms with E-state index in [1.54, 1.807) is 0 Å². The number of hydrogen-bond donors (Lipinski definition) is 1. The zero-order valence-corrected chi connectivity index (χ0v) is 12.7. The van der Waals surface area contributed by atoms with E-state index in [1.165, 1.54) is 22.3 Å². The molecular formula is C16H28N2. The van der Waals surface area contributed by atoms with Crippen LogP contribution >= 0.6 is 0 Å². The first-order valence-corrected chi connectivity index (χ1v) is 6.94. The molecule has 1 atom stereocenters. The molecule has 0 amide bonds. The molecule has 0 aliphatic heterocycles. The van der Waals surface area contributed by atoms with E-state index in [-0.39, 0.29) is 6.04 Å². The van der Waals surface area contributed by atoms with Gasteiger partial charge in [0.05, 0.1) is 0 Å². The lowest BCUT2D eigenvalue weighted by atomic mass is 9.94. The lowest BCUT2D eigenvalue weighted by Gasteiger charge is -2.29. The molecule has 2 nitrogen and oxygen atoms in total. The van der Waals surface area contributed by atoms with Crippen LogP contribution in [0.2, 0.25) is 0 Å². The smallest absolute Gasteiger partial charge is 0.0429 e. The molecule has 0 fully saturated rings. The standard InChI is InChI=1S/C16H28N2/c1-7-18(11(2)3)10-15(17)16-13(5)8-12(4)9-14(16)6/h8-9,11,15H,7,10,17H2,1-6H3. The predicted octanol–water partition coefficient (Wildman–Crippen LogP) is 3.34. The van der Waals surface area contributed by atoms with Gasteiger partial charge in [-0.1, -0.05) is 24.6 Å². The second-order valence-electron chi connectivity index (χ2n) is 5.60. The van der Waals surface area contributed by atoms with Crippen molar-refractivity contribution < 1.29 is 0 Å². The van der Waals surface area contributed by atoms with Crippen molar-refractivity contribution in [3.05, 3.63) is 34.4 Å². The summed E-state index contributed by atoms with van der Waals surface area (Å²) in [6.07, 6.45) is 0. The molecule has 1 rings (SSSR count). The molecule has 1 unspecified atom stereocenters. The molecule has 0 heterocycles. The molecule has 2 heteroatoms. The summed E-state index contributed by atoms with van der Waals surface area (Å²) in [7, 11) is 0. The third kappa shape index (κ3) is 3.56. The molecule has 1 aromatic rings. The summed E-state index contributed by atoms with van der Waals surface area (Å²) in [4.78, 5) is 2.42. The number of nitrogens with zero attached hydrogens (tertiary/aromatic N) is 1. The van der Waals surface area contributed by atoms with E-state index in [9.17, 15) is 0 Å². The molecular weight excluding hydrogens is 220 g/mol. The van der Waals surface area contributed by atoms with Crippen LogP contribution in [0.5, 0.6) is 0 Å². The van der Waals surface area contributed by atoms with Gasteiger partial charge in [-0.05, 0) is 57.9 Å². The quantitative estimate of drug-likeness (QED) is 0.866. The lowest BCUT2D eigenvalue weighted by Crippen LogP contribution is -2.37. The van der Waals surface area contributed by atoms with Crippen molar-refractivity contribution in [2.24, 2.45) is 5.73 Å². The van der Waals surface area contributed by atoms with Gasteiger partial charge in [-0.2, -0.15) is 0 Å². The van der Waals surface area contributed by atoms with Crippen molar-refractivity contribution in [3.8, 4) is 0 Å². The first-order valence-electron chi connectivity index (χ1n) is 6.94. The first-order chi connectivity index (χ1) is 8.36. The third-order valence-corrected chi connectivity index (χ3v) is 3.68. The van der Waals surface area contributed by atoms with Gasteiger partial charge in [0.1, 0.15) is 0 Å². The maximum atomic E-state index is 6.42. The summed E-state index contributed by atoms with van der Waals surface area (Å²) in [6.45, 7) is 15.1. The molecule has 0 aliphatic rings. The highest BCUT2D eigenvalue weighted by molar-refractivity contribution is 5.39. The number of rotatable bonds is 5. The largest absolute Gasteiger partial charge is 0.323 e. The van der Waals surface area contributed by atoms with Gasteiger partial charge in [-0.25, -0.2) is 0 Å². The molecule has 2 N–H and O–H groups in total. The monoisotopic (exact) mass is 248 g/mol. The maximum Gasteiger partial charge on any atom is 0.0429 e. The van der Waals surface area contributed by atoms with Gasteiger partial charge < -0.3 is 5.73 Å². The zero-order valence-electron chi connectivity index (χ0n) is 12.7. The lowest BCUT2D eigenvalue weighted by molar-refractivity contribution is 0.219. The minimum Gasteiger partial charge on any atom is -0.323 e. The van der Waals surface area contributed by atoms with E-state index in [2.05, 4.69) is 58.6 Å². The van der Waals surface area contributed by atoms with Crippen LogP contribution in [0.3, 0.4) is 0 Å². The van der Waals surface area contributed by atoms with Gasteiger partial charge in [0.15, 0.2) is 0 Å². The molecule has 18 heavy (non-hydrogen) atoms. The Morgan fingerprint density at radius 1 is 1.11 bits per heavy atom. The summed E-state index contributed by atoms with van der Waals surface area (Å²) in [5.41, 5.74) is 11.7. The van der Waals surface area contributed by atoms with Gasteiger partial charge in [-0.3, -0.25) is 4.90 Å². The molecule has 0 aliphatic carbocycles. The Balaban J connectivity index is 2.94. The summed E-state index contributed by atoms with van der Waals surface area (Å²) < 4.78 is 0. The molecule has 0 spiro atoms. The average Bonchev–Trinajstić information content (AvgIpc) is 2.23. The van der Waals surface area contributed by atoms with Gasteiger partial charge in [0, 0.05) is 18.6 Å². The summed E-state index contributed by atoms with van der Waals surface area (Å²) in [5.74, 6) is 0. The van der Waals surface area contributed by atoms with Crippen LogP contribution in [-0.2, 0) is 0 Å². The predicted molar refractivity (Wildman–Crippen MR) is 80.0 cm³/mol. The Kier molecular flexibility index (Phi) is 5.36. The van der Waals surface area contributed by atoms with Crippen molar-refractivity contribution in [3.63, 3.8) is 0 Å². The average molecular weight is 248 g/mol. The van der Waals surface area contributed by atoms with Crippen LogP contribution in [-0.4, -0.2) is 24.0 Å². The number of benzene rings is 1. The van der Waals surface area contributed by atoms with Gasteiger partial charge in [0.2, 0.25) is 0 Å². The van der Waals surface area contributed by atoms with Crippen molar-refractivity contribution in [1.82, 2.24) is 4.90 Å². The van der Waals surface area contributed by atoms with E-state index in [1.807, 2.05) is 0 Å². The van der Waals surface area contributed by atoms with Crippen molar-refractivity contribution in [2.75, 3.05) is 13.1 Å². The van der Waals surface area contributed by atoms with Gasteiger partial charge >= 0.3 is 0 Å². The van der Waals surface area contributed by atoms with Crippen molar-refractivity contribution in [2.45, 2.75) is 53.6 Å². The fraction of sp³-hybridized carbons (Fsp3) is 0.625. The number of likely N-dealkylation sites (N-methyl/N-ethyl adjacent to an activating group) is 1. The molecule has 0 saturated heterocycles. The highest BCUT2D eigenvalue weighted by Gasteiger charge is 2.17. The van der Waals surface area contributed by atoms with Crippen LogP contribution in [0.25, 0.3) is 0 Å². The van der Waals surface area contributed by atoms with Crippen LogP contribution in [0.1, 0.15) is 49.1 Å². The Morgan fingerprint density at radius 3 is 2.00 bits per heavy atom. The minimum atomic E-state index is 0.105. The minimum absolute atomic E-state index is 0.105. The summed E-state index contributed by atoms with van der Waals surface area (Å²) in [6, 6.07) is 5.11. The number of aryl methyl sites for hydroxylation is 3. The molecule has 0 radical (unpaired) electrons. The second-order valence-corrected chi connectivity index (χ2v) is 5.60. The SMILES string of the molecule is CCN(CC(N)c1c(C)cc(C)cc1C)C(C)C. The topological polar surface area (TPSA) is 29.3 Å². The molecule has 0 bridgehead atoms. The summed E-state index contributed by atoms with van der Waals surface area (Å²) in [5, 5.41) is 0. The van der Waals surface area contributed by atoms with Crippen LogP contribution in [0, 0.1) is 20.8 Å². The van der Waals surface area contributed by atoms with Crippen LogP contribution < -0.4 is 5.73 Å².